The van der Waals surface area contributed by atoms with Crippen LogP contribution in [-0.4, -0.2) is 44.1 Å². The second-order valence-corrected chi connectivity index (χ2v) is 9.17. The predicted octanol–water partition coefficient (Wildman–Crippen LogP) is 4.48. The predicted molar refractivity (Wildman–Crippen MR) is 136 cm³/mol. The van der Waals surface area contributed by atoms with Crippen LogP contribution < -0.4 is 15.2 Å². The zero-order valence-electron chi connectivity index (χ0n) is 19.7. The van der Waals surface area contributed by atoms with Crippen molar-refractivity contribution in [3.63, 3.8) is 0 Å². The van der Waals surface area contributed by atoms with Gasteiger partial charge in [0.1, 0.15) is 17.2 Å². The van der Waals surface area contributed by atoms with E-state index in [1.54, 1.807) is 26.4 Å². The lowest BCUT2D eigenvalue weighted by Gasteiger charge is -2.15. The zero-order chi connectivity index (χ0) is 24.6. The molecule has 1 atom stereocenters. The highest BCUT2D eigenvalue weighted by molar-refractivity contribution is 5.87. The smallest absolute Gasteiger partial charge is 0.334 e. The van der Waals surface area contributed by atoms with E-state index in [1.165, 1.54) is 6.08 Å². The van der Waals surface area contributed by atoms with Crippen LogP contribution in [0.4, 0.5) is 0 Å². The monoisotopic (exact) mass is 482 g/mol. The van der Waals surface area contributed by atoms with Gasteiger partial charge >= 0.3 is 5.69 Å². The molecular weight excluding hydrogens is 456 g/mol. The summed E-state index contributed by atoms with van der Waals surface area (Å²) in [6, 6.07) is 16.7. The first-order valence-electron chi connectivity index (χ1n) is 12.1. The Hall–Kier alpha value is -4.33. The van der Waals surface area contributed by atoms with Gasteiger partial charge in [-0.25, -0.2) is 4.79 Å². The molecule has 1 saturated heterocycles. The lowest BCUT2D eigenvalue weighted by molar-refractivity contribution is -0.125. The van der Waals surface area contributed by atoms with E-state index in [0.717, 1.165) is 24.1 Å². The highest BCUT2D eigenvalue weighted by Crippen LogP contribution is 2.32. The Labute approximate surface area is 208 Å². The summed E-state index contributed by atoms with van der Waals surface area (Å²) in [5.41, 5.74) is 1.99. The van der Waals surface area contributed by atoms with Crippen molar-refractivity contribution in [1.82, 2.24) is 19.0 Å². The second-order valence-electron chi connectivity index (χ2n) is 9.17. The van der Waals surface area contributed by atoms with Gasteiger partial charge in [0.2, 0.25) is 5.91 Å². The molecule has 4 aromatic rings. The molecule has 1 amide bonds. The molecule has 0 radical (unpaired) electrons. The lowest BCUT2D eigenvalue weighted by atomic mass is 10.2. The summed E-state index contributed by atoms with van der Waals surface area (Å²) in [6.07, 6.45) is 7.88. The molecule has 2 aromatic heterocycles. The van der Waals surface area contributed by atoms with Gasteiger partial charge in [-0.2, -0.15) is 0 Å². The number of nitrogens with zero attached hydrogens (tertiary/aromatic N) is 4. The maximum Gasteiger partial charge on any atom is 0.334 e. The summed E-state index contributed by atoms with van der Waals surface area (Å²) in [4.78, 5) is 31.9. The van der Waals surface area contributed by atoms with Gasteiger partial charge in [-0.05, 0) is 55.7 Å². The molecular formula is C28H26N4O4. The Morgan fingerprint density at radius 1 is 1.00 bits per heavy atom. The van der Waals surface area contributed by atoms with Crippen LogP contribution in [0.15, 0.2) is 84.4 Å². The largest absolute Gasteiger partial charge is 0.490 e. The molecule has 8 nitrogen and oxygen atoms in total. The van der Waals surface area contributed by atoms with Gasteiger partial charge in [-0.3, -0.25) is 18.9 Å². The van der Waals surface area contributed by atoms with Gasteiger partial charge in [-0.15, -0.1) is 0 Å². The number of pyridine rings is 1. The van der Waals surface area contributed by atoms with Crippen LogP contribution in [0.1, 0.15) is 25.3 Å². The van der Waals surface area contributed by atoms with Gasteiger partial charge in [0.25, 0.3) is 0 Å². The lowest BCUT2D eigenvalue weighted by Crippen LogP contribution is -2.31. The fourth-order valence-electron chi connectivity index (χ4n) is 4.76. The number of hydrogen-bond donors (Lipinski definition) is 0. The molecule has 2 fully saturated rings. The molecule has 8 heteroatoms. The van der Waals surface area contributed by atoms with Crippen LogP contribution >= 0.6 is 0 Å². The number of carbonyl (C=O) groups excluding carboxylic acids is 1. The number of ether oxygens (including phenoxy) is 2. The molecule has 0 spiro atoms. The Balaban J connectivity index is 1.34. The highest BCUT2D eigenvalue weighted by atomic mass is 16.5. The molecule has 2 aliphatic rings. The number of amides is 1. The van der Waals surface area contributed by atoms with Gasteiger partial charge in [-0.1, -0.05) is 18.7 Å². The van der Waals surface area contributed by atoms with E-state index in [-0.39, 0.29) is 17.6 Å². The zero-order valence-corrected chi connectivity index (χ0v) is 19.7. The maximum absolute atomic E-state index is 13.8. The quantitative estimate of drug-likeness (QED) is 0.363. The van der Waals surface area contributed by atoms with Crippen molar-refractivity contribution in [2.75, 3.05) is 13.1 Å². The molecule has 36 heavy (non-hydrogen) atoms. The van der Waals surface area contributed by atoms with Gasteiger partial charge in [0.05, 0.1) is 35.1 Å². The Kier molecular flexibility index (Phi) is 5.56. The van der Waals surface area contributed by atoms with E-state index in [4.69, 9.17) is 9.47 Å². The van der Waals surface area contributed by atoms with Crippen molar-refractivity contribution in [1.29, 1.82) is 0 Å². The number of benzene rings is 2. The van der Waals surface area contributed by atoms with Crippen LogP contribution in [-0.2, 0) is 4.79 Å². The molecule has 182 valence electrons. The summed E-state index contributed by atoms with van der Waals surface area (Å²) in [5, 5.41) is 0. The van der Waals surface area contributed by atoms with Crippen LogP contribution in [0.25, 0.3) is 16.7 Å². The number of carbonyl (C=O) groups is 1. The summed E-state index contributed by atoms with van der Waals surface area (Å²) in [5.74, 6) is 1.94. The van der Waals surface area contributed by atoms with E-state index in [1.807, 2.05) is 54.6 Å². The summed E-state index contributed by atoms with van der Waals surface area (Å²) < 4.78 is 15.4. The molecule has 1 aliphatic heterocycles. The van der Waals surface area contributed by atoms with E-state index in [9.17, 15) is 9.59 Å². The molecule has 1 saturated carbocycles. The van der Waals surface area contributed by atoms with E-state index >= 15 is 0 Å². The Bertz CT molecular complexity index is 1520. The molecule has 1 aliphatic carbocycles. The maximum atomic E-state index is 13.8. The topological polar surface area (TPSA) is 78.6 Å². The summed E-state index contributed by atoms with van der Waals surface area (Å²) >= 11 is 0. The fraction of sp³-hybridized carbons (Fsp3) is 0.250. The fourth-order valence-corrected chi connectivity index (χ4v) is 4.76. The molecule has 6 rings (SSSR count). The van der Waals surface area contributed by atoms with Gasteiger partial charge in [0, 0.05) is 31.4 Å². The molecule has 1 unspecified atom stereocenters. The Morgan fingerprint density at radius 3 is 2.58 bits per heavy atom. The normalized spacial score (nSPS) is 17.3. The Morgan fingerprint density at radius 2 is 1.78 bits per heavy atom. The van der Waals surface area contributed by atoms with Crippen molar-refractivity contribution in [2.24, 2.45) is 0 Å². The standard InChI is InChI=1S/C28H26N4O4/c1-2-27(33)30-14-12-20(18-30)32-25-11-13-29-17-26(25)31(28(32)34)19-5-3-6-22(15-19)36-24-8-4-7-23(16-24)35-21-9-10-21/h2-8,11,13,15-17,20-21H,1,9-10,12,14,18H2. The number of aromatic nitrogens is 3. The third-order valence-electron chi connectivity index (χ3n) is 6.63. The first kappa shape index (κ1) is 22.2. The number of imidazole rings is 1. The van der Waals surface area contributed by atoms with E-state index < -0.39 is 0 Å². The van der Waals surface area contributed by atoms with Crippen molar-refractivity contribution in [2.45, 2.75) is 31.4 Å². The summed E-state index contributed by atoms with van der Waals surface area (Å²) in [6.45, 7) is 4.64. The SMILES string of the molecule is C=CC(=O)N1CCC(n2c(=O)n(-c3cccc(Oc4cccc(OC5CC5)c4)c3)c3cnccc32)C1. The van der Waals surface area contributed by atoms with Crippen LogP contribution in [0.5, 0.6) is 17.2 Å². The summed E-state index contributed by atoms with van der Waals surface area (Å²) in [7, 11) is 0. The van der Waals surface area contributed by atoms with Crippen molar-refractivity contribution < 1.29 is 14.3 Å². The van der Waals surface area contributed by atoms with Crippen LogP contribution in [0, 0.1) is 0 Å². The van der Waals surface area contributed by atoms with Gasteiger partial charge in [0.15, 0.2) is 0 Å². The minimum atomic E-state index is -0.173. The molecule has 0 N–H and O–H groups in total. The molecule has 0 bridgehead atoms. The molecule has 3 heterocycles. The second kappa shape index (κ2) is 9.03. The average Bonchev–Trinajstić information content (AvgIpc) is 3.48. The minimum Gasteiger partial charge on any atom is -0.490 e. The first-order valence-corrected chi connectivity index (χ1v) is 12.1. The number of rotatable bonds is 7. The average molecular weight is 483 g/mol. The third kappa shape index (κ3) is 4.15. The molecule has 2 aromatic carbocycles. The minimum absolute atomic E-state index is 0.118. The highest BCUT2D eigenvalue weighted by Gasteiger charge is 2.30. The van der Waals surface area contributed by atoms with Crippen molar-refractivity contribution in [3.8, 4) is 22.9 Å². The number of hydrogen-bond acceptors (Lipinski definition) is 5. The van der Waals surface area contributed by atoms with E-state index in [2.05, 4.69) is 11.6 Å². The third-order valence-corrected chi connectivity index (χ3v) is 6.63. The van der Waals surface area contributed by atoms with Crippen LogP contribution in [0.2, 0.25) is 0 Å². The number of fused-ring (bicyclic) bond motifs is 1. The first-order chi connectivity index (χ1) is 17.6. The van der Waals surface area contributed by atoms with Crippen molar-refractivity contribution in [3.05, 3.63) is 90.1 Å². The van der Waals surface area contributed by atoms with Crippen LogP contribution in [0.3, 0.4) is 0 Å². The van der Waals surface area contributed by atoms with Crippen molar-refractivity contribution >= 4 is 16.9 Å². The number of likely N-dealkylation sites (tertiary alicyclic amines) is 1. The van der Waals surface area contributed by atoms with E-state index in [0.29, 0.717) is 48.3 Å². The van der Waals surface area contributed by atoms with Gasteiger partial charge < -0.3 is 14.4 Å².